The van der Waals surface area contributed by atoms with Gasteiger partial charge in [-0.05, 0) is 60.4 Å². The Morgan fingerprint density at radius 2 is 2.25 bits per heavy atom. The summed E-state index contributed by atoms with van der Waals surface area (Å²) >= 11 is 3.66. The van der Waals surface area contributed by atoms with Crippen molar-refractivity contribution in [3.63, 3.8) is 0 Å². The molecular formula is C13H19BrN2. The monoisotopic (exact) mass is 282 g/mol. The first-order valence-electron chi connectivity index (χ1n) is 5.89. The number of hydrogen-bond acceptors (Lipinski definition) is 2. The van der Waals surface area contributed by atoms with E-state index in [1.165, 1.54) is 35.1 Å². The van der Waals surface area contributed by atoms with Crippen molar-refractivity contribution in [3.8, 4) is 0 Å². The molecule has 1 atom stereocenters. The van der Waals surface area contributed by atoms with E-state index in [1.54, 1.807) is 0 Å². The molecular weight excluding hydrogens is 264 g/mol. The van der Waals surface area contributed by atoms with Crippen LogP contribution in [0.2, 0.25) is 0 Å². The van der Waals surface area contributed by atoms with Gasteiger partial charge in [0.05, 0.1) is 5.69 Å². The molecule has 0 aromatic heterocycles. The van der Waals surface area contributed by atoms with Crippen LogP contribution >= 0.6 is 15.9 Å². The van der Waals surface area contributed by atoms with Crippen molar-refractivity contribution >= 4 is 21.6 Å². The molecule has 1 aromatic carbocycles. The fraction of sp³-hybridized carbons (Fsp3) is 0.538. The van der Waals surface area contributed by atoms with Crippen molar-refractivity contribution in [1.29, 1.82) is 0 Å². The van der Waals surface area contributed by atoms with Crippen molar-refractivity contribution in [2.24, 2.45) is 0 Å². The van der Waals surface area contributed by atoms with Gasteiger partial charge in [0.1, 0.15) is 0 Å². The maximum atomic E-state index is 3.66. The van der Waals surface area contributed by atoms with Crippen LogP contribution in [0.15, 0.2) is 22.7 Å². The first kappa shape index (κ1) is 11.9. The summed E-state index contributed by atoms with van der Waals surface area (Å²) in [5, 5.41) is 3.38. The summed E-state index contributed by atoms with van der Waals surface area (Å²) < 4.78 is 1.21. The Hall–Kier alpha value is -0.540. The smallest absolute Gasteiger partial charge is 0.0511 e. The Morgan fingerprint density at radius 1 is 1.44 bits per heavy atom. The topological polar surface area (TPSA) is 15.3 Å². The van der Waals surface area contributed by atoms with Crippen molar-refractivity contribution in [2.45, 2.75) is 25.8 Å². The highest BCUT2D eigenvalue weighted by Gasteiger charge is 2.19. The standard InChI is InChI=1S/C13H19BrN2/c1-10-5-6-13(12(14)8-10)16-7-3-4-11(9-16)15-2/h5-6,8,11,15H,3-4,7,9H2,1-2H3. The zero-order valence-electron chi connectivity index (χ0n) is 9.96. The number of benzene rings is 1. The normalized spacial score (nSPS) is 21.2. The lowest BCUT2D eigenvalue weighted by Gasteiger charge is -2.34. The van der Waals surface area contributed by atoms with E-state index in [1.807, 2.05) is 0 Å². The molecule has 1 N–H and O–H groups in total. The fourth-order valence-electron chi connectivity index (χ4n) is 2.30. The van der Waals surface area contributed by atoms with Crippen LogP contribution < -0.4 is 10.2 Å². The van der Waals surface area contributed by atoms with Gasteiger partial charge in [-0.3, -0.25) is 0 Å². The third-order valence-corrected chi connectivity index (χ3v) is 3.91. The summed E-state index contributed by atoms with van der Waals surface area (Å²) in [4.78, 5) is 2.47. The molecule has 1 unspecified atom stereocenters. The van der Waals surface area contributed by atoms with Gasteiger partial charge in [0, 0.05) is 23.6 Å². The van der Waals surface area contributed by atoms with Gasteiger partial charge >= 0.3 is 0 Å². The third kappa shape index (κ3) is 2.58. The van der Waals surface area contributed by atoms with Gasteiger partial charge in [-0.2, -0.15) is 0 Å². The van der Waals surface area contributed by atoms with E-state index in [-0.39, 0.29) is 0 Å². The predicted molar refractivity (Wildman–Crippen MR) is 73.2 cm³/mol. The first-order chi connectivity index (χ1) is 7.70. The van der Waals surface area contributed by atoms with E-state index < -0.39 is 0 Å². The van der Waals surface area contributed by atoms with Crippen LogP contribution in [0.4, 0.5) is 5.69 Å². The highest BCUT2D eigenvalue weighted by Crippen LogP contribution is 2.29. The Morgan fingerprint density at radius 3 is 2.94 bits per heavy atom. The molecule has 1 aliphatic heterocycles. The van der Waals surface area contributed by atoms with E-state index in [0.717, 1.165) is 6.54 Å². The molecule has 2 rings (SSSR count). The number of halogens is 1. The van der Waals surface area contributed by atoms with E-state index in [2.05, 4.69) is 58.3 Å². The Labute approximate surface area is 106 Å². The number of hydrogen-bond donors (Lipinski definition) is 1. The van der Waals surface area contributed by atoms with Crippen LogP contribution in [0.5, 0.6) is 0 Å². The number of anilines is 1. The molecule has 0 radical (unpaired) electrons. The number of nitrogens with zero attached hydrogens (tertiary/aromatic N) is 1. The van der Waals surface area contributed by atoms with Gasteiger partial charge in [0.15, 0.2) is 0 Å². The maximum absolute atomic E-state index is 3.66. The van der Waals surface area contributed by atoms with Crippen molar-refractivity contribution in [3.05, 3.63) is 28.2 Å². The van der Waals surface area contributed by atoms with E-state index >= 15 is 0 Å². The molecule has 1 aromatic rings. The average Bonchev–Trinajstić information content (AvgIpc) is 2.29. The second-order valence-electron chi connectivity index (χ2n) is 4.53. The minimum atomic E-state index is 0.627. The van der Waals surface area contributed by atoms with Gasteiger partial charge in [-0.15, -0.1) is 0 Å². The summed E-state index contributed by atoms with van der Waals surface area (Å²) in [6.45, 7) is 4.40. The third-order valence-electron chi connectivity index (χ3n) is 3.27. The lowest BCUT2D eigenvalue weighted by atomic mass is 10.0. The Bertz CT molecular complexity index is 365. The van der Waals surface area contributed by atoms with Crippen molar-refractivity contribution < 1.29 is 0 Å². The molecule has 0 amide bonds. The summed E-state index contributed by atoms with van der Waals surface area (Å²) in [6, 6.07) is 7.22. The molecule has 1 saturated heterocycles. The maximum Gasteiger partial charge on any atom is 0.0511 e. The SMILES string of the molecule is CNC1CCCN(c2ccc(C)cc2Br)C1. The van der Waals surface area contributed by atoms with E-state index in [4.69, 9.17) is 0 Å². The van der Waals surface area contributed by atoms with Crippen molar-refractivity contribution in [1.82, 2.24) is 5.32 Å². The quantitative estimate of drug-likeness (QED) is 0.897. The highest BCUT2D eigenvalue weighted by molar-refractivity contribution is 9.10. The van der Waals surface area contributed by atoms with E-state index in [0.29, 0.717) is 6.04 Å². The molecule has 1 aliphatic rings. The lowest BCUT2D eigenvalue weighted by molar-refractivity contribution is 0.449. The van der Waals surface area contributed by atoms with Gasteiger partial charge < -0.3 is 10.2 Å². The zero-order valence-corrected chi connectivity index (χ0v) is 11.5. The second kappa shape index (κ2) is 5.19. The van der Waals surface area contributed by atoms with Crippen LogP contribution in [-0.2, 0) is 0 Å². The molecule has 88 valence electrons. The molecule has 1 heterocycles. The highest BCUT2D eigenvalue weighted by atomic mass is 79.9. The largest absolute Gasteiger partial charge is 0.369 e. The zero-order chi connectivity index (χ0) is 11.5. The number of rotatable bonds is 2. The molecule has 3 heteroatoms. The van der Waals surface area contributed by atoms with Gasteiger partial charge in [-0.25, -0.2) is 0 Å². The summed E-state index contributed by atoms with van der Waals surface area (Å²) in [5.41, 5.74) is 2.63. The fourth-order valence-corrected chi connectivity index (χ4v) is 3.04. The van der Waals surface area contributed by atoms with Gasteiger partial charge in [0.25, 0.3) is 0 Å². The minimum absolute atomic E-state index is 0.627. The van der Waals surface area contributed by atoms with Crippen LogP contribution in [0.25, 0.3) is 0 Å². The van der Waals surface area contributed by atoms with Crippen LogP contribution in [0, 0.1) is 6.92 Å². The number of piperidine rings is 1. The average molecular weight is 283 g/mol. The molecule has 0 saturated carbocycles. The summed E-state index contributed by atoms with van der Waals surface area (Å²) in [6.07, 6.45) is 2.56. The summed E-state index contributed by atoms with van der Waals surface area (Å²) in [5.74, 6) is 0. The predicted octanol–water partition coefficient (Wildman–Crippen LogP) is 2.95. The Balaban J connectivity index is 2.16. The summed E-state index contributed by atoms with van der Waals surface area (Å²) in [7, 11) is 2.05. The number of aryl methyl sites for hydroxylation is 1. The molecule has 0 aliphatic carbocycles. The minimum Gasteiger partial charge on any atom is -0.369 e. The van der Waals surface area contributed by atoms with Crippen LogP contribution in [0.3, 0.4) is 0 Å². The van der Waals surface area contributed by atoms with Crippen LogP contribution in [-0.4, -0.2) is 26.2 Å². The van der Waals surface area contributed by atoms with Crippen molar-refractivity contribution in [2.75, 3.05) is 25.0 Å². The lowest BCUT2D eigenvalue weighted by Crippen LogP contribution is -2.44. The Kier molecular flexibility index (Phi) is 3.87. The van der Waals surface area contributed by atoms with E-state index in [9.17, 15) is 0 Å². The molecule has 1 fully saturated rings. The molecule has 0 spiro atoms. The molecule has 16 heavy (non-hydrogen) atoms. The van der Waals surface area contributed by atoms with Gasteiger partial charge in [0.2, 0.25) is 0 Å². The number of likely N-dealkylation sites (N-methyl/N-ethyl adjacent to an activating group) is 1. The molecule has 0 bridgehead atoms. The number of nitrogens with one attached hydrogen (secondary N) is 1. The molecule has 2 nitrogen and oxygen atoms in total. The second-order valence-corrected chi connectivity index (χ2v) is 5.38. The van der Waals surface area contributed by atoms with Crippen LogP contribution in [0.1, 0.15) is 18.4 Å². The first-order valence-corrected chi connectivity index (χ1v) is 6.68. The van der Waals surface area contributed by atoms with Gasteiger partial charge in [-0.1, -0.05) is 6.07 Å².